The molecular weight excluding hydrogens is 612 g/mol. The number of ether oxygens (including phenoxy) is 1. The zero-order valence-corrected chi connectivity index (χ0v) is 30.0. The predicted molar refractivity (Wildman–Crippen MR) is 202 cm³/mol. The van der Waals surface area contributed by atoms with Gasteiger partial charge in [-0.15, -0.1) is 0 Å². The molecule has 1 aliphatic carbocycles. The Morgan fingerprint density at radius 1 is 0.776 bits per heavy atom. The van der Waals surface area contributed by atoms with Gasteiger partial charge in [-0.1, -0.05) is 165 Å². The van der Waals surface area contributed by atoms with Gasteiger partial charge in [-0.25, -0.2) is 4.79 Å². The third-order valence-corrected chi connectivity index (χ3v) is 9.88. The quantitative estimate of drug-likeness (QED) is 0.0534. The van der Waals surface area contributed by atoms with Crippen molar-refractivity contribution in [1.29, 1.82) is 0 Å². The smallest absolute Gasteiger partial charge is 0.342 e. The molecule has 0 saturated heterocycles. The average molecular weight is 673 g/mol. The van der Waals surface area contributed by atoms with Crippen LogP contribution in [0.25, 0.3) is 11.1 Å². The molecule has 1 aliphatic rings. The van der Waals surface area contributed by atoms with Gasteiger partial charge in [-0.05, 0) is 53.9 Å². The van der Waals surface area contributed by atoms with E-state index in [4.69, 9.17) is 15.6 Å². The topological polar surface area (TPSA) is 116 Å². The van der Waals surface area contributed by atoms with Gasteiger partial charge in [0.25, 0.3) is 5.69 Å². The fraction of sp³-hybridized carbons (Fsp3) is 0.548. The van der Waals surface area contributed by atoms with Gasteiger partial charge in [-0.2, -0.15) is 0 Å². The number of nitro groups is 1. The van der Waals surface area contributed by atoms with Crippen LogP contribution in [0, 0.1) is 22.0 Å². The summed E-state index contributed by atoms with van der Waals surface area (Å²) in [5, 5.41) is 19.9. The van der Waals surface area contributed by atoms with Crippen LogP contribution in [0.3, 0.4) is 0 Å². The summed E-state index contributed by atoms with van der Waals surface area (Å²) in [6.07, 6.45) is 23.8. The summed E-state index contributed by atoms with van der Waals surface area (Å²) >= 11 is 0. The van der Waals surface area contributed by atoms with Gasteiger partial charge in [0.05, 0.1) is 23.3 Å². The van der Waals surface area contributed by atoms with Crippen molar-refractivity contribution < 1.29 is 19.6 Å². The maximum absolute atomic E-state index is 11.0. The number of carbonyl (C=O) groups is 1. The van der Waals surface area contributed by atoms with Crippen molar-refractivity contribution in [2.45, 2.75) is 129 Å². The Morgan fingerprint density at radius 2 is 1.33 bits per heavy atom. The number of carboxylic acid groups (broad SMARTS) is 1. The molecule has 7 heteroatoms. The van der Waals surface area contributed by atoms with Crippen molar-refractivity contribution >= 4 is 17.3 Å². The van der Waals surface area contributed by atoms with E-state index in [1.165, 1.54) is 113 Å². The molecule has 3 aromatic rings. The lowest BCUT2D eigenvalue weighted by molar-refractivity contribution is -0.385. The van der Waals surface area contributed by atoms with Crippen molar-refractivity contribution in [3.63, 3.8) is 0 Å². The van der Waals surface area contributed by atoms with Crippen LogP contribution in [0.5, 0.6) is 5.75 Å². The number of hydrogen-bond acceptors (Lipinski definition) is 5. The minimum Gasteiger partial charge on any atom is -0.491 e. The molecule has 4 rings (SSSR count). The molecule has 0 aromatic heterocycles. The molecule has 3 aromatic carbocycles. The van der Waals surface area contributed by atoms with Crippen LogP contribution in [0.15, 0.2) is 66.7 Å². The first kappa shape index (κ1) is 39.6. The number of aryl methyl sites for hydroxylation is 1. The van der Waals surface area contributed by atoms with Crippen molar-refractivity contribution in [2.24, 2.45) is 11.8 Å². The molecule has 7 nitrogen and oxygen atoms in total. The lowest BCUT2D eigenvalue weighted by Gasteiger charge is -2.28. The highest BCUT2D eigenvalue weighted by molar-refractivity contribution is 5.94. The summed E-state index contributed by atoms with van der Waals surface area (Å²) in [4.78, 5) is 21.1. The van der Waals surface area contributed by atoms with Crippen molar-refractivity contribution in [1.82, 2.24) is 0 Å². The summed E-state index contributed by atoms with van der Waals surface area (Å²) in [6.45, 7) is 4.87. The Labute approximate surface area is 294 Å². The van der Waals surface area contributed by atoms with Crippen LogP contribution >= 0.6 is 0 Å². The molecule has 3 N–H and O–H groups in total. The normalized spacial score (nSPS) is 15.6. The monoisotopic (exact) mass is 672 g/mol. The van der Waals surface area contributed by atoms with Gasteiger partial charge < -0.3 is 15.6 Å². The molecule has 268 valence electrons. The maximum atomic E-state index is 11.0. The molecule has 0 radical (unpaired) electrons. The zero-order valence-electron chi connectivity index (χ0n) is 30.0. The Balaban J connectivity index is 0.000000272. The molecule has 0 spiro atoms. The van der Waals surface area contributed by atoms with Crippen LogP contribution in [-0.2, 0) is 6.42 Å². The molecule has 0 heterocycles. The second-order valence-corrected chi connectivity index (χ2v) is 13.8. The highest BCUT2D eigenvalue weighted by atomic mass is 16.6. The SMILES string of the molecule is CCCCCC1CCC(CCCCc2ccc(-c3ccccc3)cc2)CC1.CCCCCCCCOc1cc([N+](=O)[O-])c(C(=O)O)cc1N. The minimum absolute atomic E-state index is 0.0917. The standard InChI is InChI=1S/C27H38.C15H22N2O5/c1-2-3-5-10-23-15-17-24(18-16-23)11-8-9-12-25-19-21-27(22-20-25)26-13-6-4-7-14-26;1-2-3-4-5-6-7-8-22-14-10-13(17(20)21)11(15(18)19)9-12(14)16/h4,6-7,13-14,19-24H,2-3,5,8-12,15-18H2,1H3;9-10H,2-8,16H2,1H3,(H,18,19). The van der Waals surface area contributed by atoms with Crippen LogP contribution in [0.1, 0.15) is 139 Å². The third-order valence-electron chi connectivity index (χ3n) is 9.88. The molecular formula is C42H60N2O5. The van der Waals surface area contributed by atoms with E-state index in [9.17, 15) is 14.9 Å². The fourth-order valence-electron chi connectivity index (χ4n) is 6.85. The van der Waals surface area contributed by atoms with E-state index < -0.39 is 22.1 Å². The summed E-state index contributed by atoms with van der Waals surface area (Å²) in [7, 11) is 0. The van der Waals surface area contributed by atoms with Crippen LogP contribution in [0.4, 0.5) is 11.4 Å². The van der Waals surface area contributed by atoms with E-state index in [-0.39, 0.29) is 11.4 Å². The van der Waals surface area contributed by atoms with Crippen LogP contribution in [-0.4, -0.2) is 22.6 Å². The van der Waals surface area contributed by atoms with Crippen molar-refractivity contribution in [2.75, 3.05) is 12.3 Å². The van der Waals surface area contributed by atoms with Gasteiger partial charge in [0.15, 0.2) is 0 Å². The van der Waals surface area contributed by atoms with E-state index in [0.29, 0.717) is 6.61 Å². The van der Waals surface area contributed by atoms with Gasteiger partial charge in [0.1, 0.15) is 11.3 Å². The second-order valence-electron chi connectivity index (χ2n) is 13.8. The number of anilines is 1. The highest BCUT2D eigenvalue weighted by Gasteiger charge is 2.23. The minimum atomic E-state index is -1.39. The lowest BCUT2D eigenvalue weighted by atomic mass is 9.78. The van der Waals surface area contributed by atoms with Crippen LogP contribution in [0.2, 0.25) is 0 Å². The number of unbranched alkanes of at least 4 members (excludes halogenated alkanes) is 8. The number of nitrogen functional groups attached to an aromatic ring is 1. The van der Waals surface area contributed by atoms with Crippen molar-refractivity contribution in [3.05, 3.63) is 88.0 Å². The number of hydrogen-bond donors (Lipinski definition) is 2. The highest BCUT2D eigenvalue weighted by Crippen LogP contribution is 2.35. The van der Waals surface area contributed by atoms with E-state index in [1.54, 1.807) is 0 Å². The molecule has 0 unspecified atom stereocenters. The second kappa shape index (κ2) is 22.7. The molecule has 0 amide bonds. The van der Waals surface area contributed by atoms with Gasteiger partial charge in [0, 0.05) is 0 Å². The number of aromatic carboxylic acids is 1. The largest absolute Gasteiger partial charge is 0.491 e. The van der Waals surface area contributed by atoms with Gasteiger partial charge in [0.2, 0.25) is 0 Å². The Bertz CT molecular complexity index is 1370. The maximum Gasteiger partial charge on any atom is 0.342 e. The van der Waals surface area contributed by atoms with Gasteiger partial charge >= 0.3 is 5.97 Å². The summed E-state index contributed by atoms with van der Waals surface area (Å²) in [6, 6.07) is 22.0. The number of rotatable bonds is 20. The fourth-order valence-corrected chi connectivity index (χ4v) is 6.85. The first-order valence-corrected chi connectivity index (χ1v) is 18.9. The van der Waals surface area contributed by atoms with E-state index in [1.807, 2.05) is 0 Å². The molecule has 1 saturated carbocycles. The number of nitrogens with zero attached hydrogens (tertiary/aromatic N) is 1. The number of nitrogens with two attached hydrogens (primary N) is 1. The van der Waals surface area contributed by atoms with E-state index >= 15 is 0 Å². The Morgan fingerprint density at radius 3 is 1.92 bits per heavy atom. The summed E-state index contributed by atoms with van der Waals surface area (Å²) < 4.78 is 5.45. The average Bonchev–Trinajstić information content (AvgIpc) is 3.11. The Kier molecular flexibility index (Phi) is 18.3. The molecule has 0 bridgehead atoms. The molecule has 0 atom stereocenters. The first-order chi connectivity index (χ1) is 23.8. The zero-order chi connectivity index (χ0) is 35.3. The van der Waals surface area contributed by atoms with Gasteiger partial charge in [-0.3, -0.25) is 10.1 Å². The number of carboxylic acids is 1. The third kappa shape index (κ3) is 14.6. The molecule has 49 heavy (non-hydrogen) atoms. The Hall–Kier alpha value is -3.87. The molecule has 1 fully saturated rings. The number of nitro benzene ring substituents is 1. The van der Waals surface area contributed by atoms with E-state index in [2.05, 4.69) is 68.4 Å². The van der Waals surface area contributed by atoms with Crippen molar-refractivity contribution in [3.8, 4) is 16.9 Å². The number of benzene rings is 3. The summed E-state index contributed by atoms with van der Waals surface area (Å²) in [5.41, 5.74) is 8.98. The predicted octanol–water partition coefficient (Wildman–Crippen LogP) is 12.1. The van der Waals surface area contributed by atoms with E-state index in [0.717, 1.165) is 43.2 Å². The first-order valence-electron chi connectivity index (χ1n) is 18.9. The summed E-state index contributed by atoms with van der Waals surface area (Å²) in [5.74, 6) is 0.843. The lowest BCUT2D eigenvalue weighted by Crippen LogP contribution is -2.14. The molecule has 0 aliphatic heterocycles. The van der Waals surface area contributed by atoms with Crippen LogP contribution < -0.4 is 10.5 Å².